The number of benzene rings is 4. The van der Waals surface area contributed by atoms with E-state index >= 15 is 0 Å². The zero-order chi connectivity index (χ0) is 26.5. The largest absolute Gasteiger partial charge is 0.463 e. The van der Waals surface area contributed by atoms with Gasteiger partial charge >= 0.3 is 5.97 Å². The van der Waals surface area contributed by atoms with Gasteiger partial charge in [-0.1, -0.05) is 60.7 Å². The SMILES string of the molecule is CCOC(=O)C1=C(Nc2ccc(I)cc2)CC(c2ccccc2)N(c2ccc(I)cc2)C1c1ccccc1. The van der Waals surface area contributed by atoms with Gasteiger partial charge in [-0.15, -0.1) is 0 Å². The lowest BCUT2D eigenvalue weighted by molar-refractivity contribution is -0.139. The van der Waals surface area contributed by atoms with Gasteiger partial charge in [0.1, 0.15) is 0 Å². The van der Waals surface area contributed by atoms with Crippen molar-refractivity contribution in [1.82, 2.24) is 0 Å². The molecule has 4 aromatic rings. The van der Waals surface area contributed by atoms with Crippen LogP contribution < -0.4 is 10.2 Å². The fourth-order valence-electron chi connectivity index (χ4n) is 5.01. The Morgan fingerprint density at radius 3 is 1.95 bits per heavy atom. The van der Waals surface area contributed by atoms with Crippen LogP contribution in [0.2, 0.25) is 0 Å². The lowest BCUT2D eigenvalue weighted by Crippen LogP contribution is -2.41. The molecule has 0 aromatic heterocycles. The Bertz CT molecular complexity index is 1410. The van der Waals surface area contributed by atoms with Crippen LogP contribution in [0.25, 0.3) is 0 Å². The first kappa shape index (κ1) is 26.7. The van der Waals surface area contributed by atoms with Crippen LogP contribution in [0, 0.1) is 7.14 Å². The van der Waals surface area contributed by atoms with E-state index in [4.69, 9.17) is 4.74 Å². The molecule has 0 spiro atoms. The van der Waals surface area contributed by atoms with Crippen LogP contribution in [-0.4, -0.2) is 12.6 Å². The van der Waals surface area contributed by atoms with Crippen LogP contribution in [-0.2, 0) is 9.53 Å². The average molecular weight is 726 g/mol. The second-order valence-corrected chi connectivity index (χ2v) is 11.6. The molecule has 0 radical (unpaired) electrons. The Morgan fingerprint density at radius 1 is 0.816 bits per heavy atom. The molecule has 0 amide bonds. The highest BCUT2D eigenvalue weighted by Gasteiger charge is 2.41. The predicted octanol–water partition coefficient (Wildman–Crippen LogP) is 8.52. The third kappa shape index (κ3) is 5.91. The number of nitrogens with one attached hydrogen (secondary N) is 1. The number of rotatable bonds is 7. The molecule has 1 heterocycles. The van der Waals surface area contributed by atoms with E-state index in [-0.39, 0.29) is 18.1 Å². The molecule has 0 bridgehead atoms. The lowest BCUT2D eigenvalue weighted by atomic mass is 9.84. The molecule has 38 heavy (non-hydrogen) atoms. The minimum atomic E-state index is -0.347. The molecule has 1 aliphatic rings. The Labute approximate surface area is 251 Å². The summed E-state index contributed by atoms with van der Waals surface area (Å²) in [5.74, 6) is -0.295. The molecule has 2 unspecified atom stereocenters. The topological polar surface area (TPSA) is 41.6 Å². The fraction of sp³-hybridized carbons (Fsp3) is 0.156. The van der Waals surface area contributed by atoms with E-state index in [1.807, 2.05) is 31.2 Å². The van der Waals surface area contributed by atoms with Gasteiger partial charge in [0.25, 0.3) is 0 Å². The predicted molar refractivity (Wildman–Crippen MR) is 171 cm³/mol. The monoisotopic (exact) mass is 726 g/mol. The summed E-state index contributed by atoms with van der Waals surface area (Å²) in [5.41, 5.74) is 5.76. The van der Waals surface area contributed by atoms with Crippen LogP contribution in [0.3, 0.4) is 0 Å². The molecule has 1 aliphatic heterocycles. The lowest BCUT2D eigenvalue weighted by Gasteiger charge is -2.46. The van der Waals surface area contributed by atoms with E-state index in [1.165, 1.54) is 5.56 Å². The van der Waals surface area contributed by atoms with Gasteiger partial charge in [0.15, 0.2) is 0 Å². The molecule has 1 N–H and O–H groups in total. The van der Waals surface area contributed by atoms with E-state index in [0.29, 0.717) is 18.6 Å². The molecule has 6 heteroatoms. The highest BCUT2D eigenvalue weighted by Crippen LogP contribution is 2.48. The summed E-state index contributed by atoms with van der Waals surface area (Å²) < 4.78 is 8.02. The second kappa shape index (κ2) is 12.3. The number of anilines is 2. The average Bonchev–Trinajstić information content (AvgIpc) is 2.95. The maximum Gasteiger partial charge on any atom is 0.338 e. The Morgan fingerprint density at radius 2 is 1.37 bits per heavy atom. The molecule has 4 aromatic carbocycles. The first-order valence-electron chi connectivity index (χ1n) is 12.6. The zero-order valence-electron chi connectivity index (χ0n) is 21.0. The molecule has 2 atom stereocenters. The molecule has 4 nitrogen and oxygen atoms in total. The molecule has 0 aliphatic carbocycles. The van der Waals surface area contributed by atoms with Crippen molar-refractivity contribution >= 4 is 62.5 Å². The Hall–Kier alpha value is -2.85. The van der Waals surface area contributed by atoms with Crippen molar-refractivity contribution in [2.75, 3.05) is 16.8 Å². The minimum Gasteiger partial charge on any atom is -0.463 e. The number of carbonyl (C=O) groups is 1. The summed E-state index contributed by atoms with van der Waals surface area (Å²) >= 11 is 4.64. The maximum absolute atomic E-state index is 13.8. The first-order chi connectivity index (χ1) is 18.5. The summed E-state index contributed by atoms with van der Waals surface area (Å²) in [6.45, 7) is 2.17. The van der Waals surface area contributed by atoms with Gasteiger partial charge in [-0.2, -0.15) is 0 Å². The smallest absolute Gasteiger partial charge is 0.338 e. The number of esters is 1. The maximum atomic E-state index is 13.8. The van der Waals surface area contributed by atoms with Crippen LogP contribution in [0.4, 0.5) is 11.4 Å². The van der Waals surface area contributed by atoms with Crippen molar-refractivity contribution in [2.24, 2.45) is 0 Å². The Kier molecular flexibility index (Phi) is 8.68. The van der Waals surface area contributed by atoms with Gasteiger partial charge in [-0.3, -0.25) is 0 Å². The molecular weight excluding hydrogens is 698 g/mol. The van der Waals surface area contributed by atoms with E-state index in [2.05, 4.69) is 140 Å². The number of carbonyl (C=O) groups excluding carboxylic acids is 1. The van der Waals surface area contributed by atoms with E-state index in [1.54, 1.807) is 0 Å². The van der Waals surface area contributed by atoms with Crippen molar-refractivity contribution in [3.8, 4) is 0 Å². The molecule has 0 saturated carbocycles. The van der Waals surface area contributed by atoms with Crippen LogP contribution >= 0.6 is 45.2 Å². The molecule has 192 valence electrons. The standard InChI is InChI=1S/C32H28I2N2O2/c1-2-38-32(37)30-28(35-26-17-13-24(33)14-18-26)21-29(22-9-5-3-6-10-22)36(27-19-15-25(34)16-20-27)31(30)23-11-7-4-8-12-23/h3-20,29,31,35H,2,21H2,1H3. The summed E-state index contributed by atoms with van der Waals surface area (Å²) in [4.78, 5) is 16.1. The van der Waals surface area contributed by atoms with Crippen LogP contribution in [0.1, 0.15) is 36.6 Å². The van der Waals surface area contributed by atoms with Crippen molar-refractivity contribution in [2.45, 2.75) is 25.4 Å². The van der Waals surface area contributed by atoms with E-state index in [9.17, 15) is 4.79 Å². The first-order valence-corrected chi connectivity index (χ1v) is 14.8. The van der Waals surface area contributed by atoms with Crippen LogP contribution in [0.15, 0.2) is 120 Å². The van der Waals surface area contributed by atoms with E-state index in [0.717, 1.165) is 29.8 Å². The third-order valence-corrected chi connectivity index (χ3v) is 8.11. The van der Waals surface area contributed by atoms with Crippen molar-refractivity contribution in [1.29, 1.82) is 0 Å². The van der Waals surface area contributed by atoms with Crippen molar-refractivity contribution in [3.63, 3.8) is 0 Å². The minimum absolute atomic E-state index is 0.00834. The normalized spacial score (nSPS) is 17.3. The van der Waals surface area contributed by atoms with Gasteiger partial charge in [0, 0.05) is 30.6 Å². The van der Waals surface area contributed by atoms with E-state index < -0.39 is 0 Å². The van der Waals surface area contributed by atoms with Gasteiger partial charge < -0.3 is 15.0 Å². The summed E-state index contributed by atoms with van der Waals surface area (Å²) in [6.07, 6.45) is 0.624. The number of nitrogens with zero attached hydrogens (tertiary/aromatic N) is 1. The molecule has 0 saturated heterocycles. The highest BCUT2D eigenvalue weighted by atomic mass is 127. The fourth-order valence-corrected chi connectivity index (χ4v) is 5.73. The molecular formula is C32H28I2N2O2. The summed E-state index contributed by atoms with van der Waals surface area (Å²) in [7, 11) is 0. The van der Waals surface area contributed by atoms with Gasteiger partial charge in [0.05, 0.1) is 24.3 Å². The number of hydrogen-bond donors (Lipinski definition) is 1. The van der Waals surface area contributed by atoms with Crippen molar-refractivity contribution < 1.29 is 9.53 Å². The number of ether oxygens (including phenoxy) is 1. The summed E-state index contributed by atoms with van der Waals surface area (Å²) in [6, 6.07) is 37.2. The quantitative estimate of drug-likeness (QED) is 0.153. The summed E-state index contributed by atoms with van der Waals surface area (Å²) in [5, 5.41) is 3.63. The second-order valence-electron chi connectivity index (χ2n) is 9.07. The molecule has 0 fully saturated rings. The molecule has 5 rings (SSSR count). The third-order valence-electron chi connectivity index (χ3n) is 6.67. The Balaban J connectivity index is 1.76. The van der Waals surface area contributed by atoms with Crippen LogP contribution in [0.5, 0.6) is 0 Å². The van der Waals surface area contributed by atoms with Crippen molar-refractivity contribution in [3.05, 3.63) is 139 Å². The zero-order valence-corrected chi connectivity index (χ0v) is 25.3. The van der Waals surface area contributed by atoms with Gasteiger partial charge in [0.2, 0.25) is 0 Å². The van der Waals surface area contributed by atoms with Gasteiger partial charge in [-0.25, -0.2) is 4.79 Å². The number of hydrogen-bond acceptors (Lipinski definition) is 4. The number of halogens is 2. The van der Waals surface area contributed by atoms with Gasteiger partial charge in [-0.05, 0) is 112 Å². The highest BCUT2D eigenvalue weighted by molar-refractivity contribution is 14.1.